The highest BCUT2D eigenvalue weighted by molar-refractivity contribution is 6.40. The van der Waals surface area contributed by atoms with Crippen LogP contribution in [0.25, 0.3) is 0 Å². The highest BCUT2D eigenvalue weighted by Gasteiger charge is 2.35. The van der Waals surface area contributed by atoms with Gasteiger partial charge in [0.15, 0.2) is 6.61 Å². The molecule has 0 atom stereocenters. The van der Waals surface area contributed by atoms with Crippen molar-refractivity contribution >= 4 is 40.8 Å². The molecular weight excluding hydrogens is 394 g/mol. The maximum atomic E-state index is 12.9. The van der Waals surface area contributed by atoms with Crippen LogP contribution in [-0.4, -0.2) is 18.5 Å². The fourth-order valence-electron chi connectivity index (χ4n) is 2.06. The first-order valence-corrected chi connectivity index (χ1v) is 7.94. The lowest BCUT2D eigenvalue weighted by Gasteiger charge is -2.13. The smallest absolute Gasteiger partial charge is 0.417 e. The Morgan fingerprint density at radius 3 is 2.42 bits per heavy atom. The summed E-state index contributed by atoms with van der Waals surface area (Å²) in [4.78, 5) is 23.8. The van der Waals surface area contributed by atoms with Crippen molar-refractivity contribution in [2.75, 3.05) is 11.9 Å². The second-order valence-electron chi connectivity index (χ2n) is 5.22. The van der Waals surface area contributed by atoms with Gasteiger partial charge in [-0.2, -0.15) is 13.2 Å². The molecule has 0 aliphatic carbocycles. The van der Waals surface area contributed by atoms with Gasteiger partial charge < -0.3 is 10.1 Å². The Balaban J connectivity index is 2.07. The number of hydrogen-bond donors (Lipinski definition) is 1. The van der Waals surface area contributed by atoms with Gasteiger partial charge in [0.05, 0.1) is 26.9 Å². The Morgan fingerprint density at radius 1 is 1.12 bits per heavy atom. The van der Waals surface area contributed by atoms with Gasteiger partial charge in [0.1, 0.15) is 0 Å². The molecule has 2 aromatic carbocycles. The van der Waals surface area contributed by atoms with E-state index < -0.39 is 35.8 Å². The van der Waals surface area contributed by atoms with E-state index in [9.17, 15) is 22.8 Å². The predicted molar refractivity (Wildman–Crippen MR) is 91.6 cm³/mol. The number of hydrogen-bond acceptors (Lipinski definition) is 3. The number of carbonyl (C=O) groups is 2. The van der Waals surface area contributed by atoms with Crippen LogP contribution in [0.2, 0.25) is 10.0 Å². The molecule has 138 valence electrons. The molecule has 0 unspecified atom stereocenters. The van der Waals surface area contributed by atoms with Crippen molar-refractivity contribution in [2.45, 2.75) is 13.1 Å². The quantitative estimate of drug-likeness (QED) is 0.718. The molecule has 0 aromatic heterocycles. The topological polar surface area (TPSA) is 55.4 Å². The molecule has 0 radical (unpaired) electrons. The van der Waals surface area contributed by atoms with Crippen molar-refractivity contribution < 1.29 is 27.5 Å². The molecule has 1 amide bonds. The van der Waals surface area contributed by atoms with E-state index >= 15 is 0 Å². The van der Waals surface area contributed by atoms with Crippen LogP contribution in [0.5, 0.6) is 0 Å². The van der Waals surface area contributed by atoms with Gasteiger partial charge >= 0.3 is 12.1 Å². The average Bonchev–Trinajstić information content (AvgIpc) is 2.59. The normalized spacial score (nSPS) is 11.2. The van der Waals surface area contributed by atoms with E-state index in [4.69, 9.17) is 23.2 Å². The Bertz CT molecular complexity index is 854. The summed E-state index contributed by atoms with van der Waals surface area (Å²) in [6, 6.07) is 7.30. The number of nitrogens with one attached hydrogen (secondary N) is 1. The van der Waals surface area contributed by atoms with Gasteiger partial charge in [-0.25, -0.2) is 4.79 Å². The van der Waals surface area contributed by atoms with E-state index in [0.717, 1.165) is 18.2 Å². The standard InChI is InChI=1S/C17H12Cl2F3NO3/c1-9-6-7-12(18)15(14(9)19)23-13(24)8-26-16(25)10-4-2-3-5-11(10)17(20,21)22/h2-7H,8H2,1H3,(H,23,24). The predicted octanol–water partition coefficient (Wildman–Crippen LogP) is 5.12. The van der Waals surface area contributed by atoms with Crippen molar-refractivity contribution in [2.24, 2.45) is 0 Å². The van der Waals surface area contributed by atoms with Crippen LogP contribution in [-0.2, 0) is 15.7 Å². The molecule has 0 aliphatic rings. The first-order valence-electron chi connectivity index (χ1n) is 7.19. The van der Waals surface area contributed by atoms with E-state index in [-0.39, 0.29) is 15.7 Å². The number of amides is 1. The van der Waals surface area contributed by atoms with Crippen LogP contribution in [0.3, 0.4) is 0 Å². The van der Waals surface area contributed by atoms with Crippen LogP contribution in [0, 0.1) is 6.92 Å². The molecule has 0 spiro atoms. The van der Waals surface area contributed by atoms with Crippen molar-refractivity contribution in [1.29, 1.82) is 0 Å². The molecule has 4 nitrogen and oxygen atoms in total. The molecule has 2 aromatic rings. The zero-order chi connectivity index (χ0) is 19.5. The Labute approximate surface area is 156 Å². The lowest BCUT2D eigenvalue weighted by molar-refractivity contribution is -0.138. The molecule has 0 aliphatic heterocycles. The fourth-order valence-corrected chi connectivity index (χ4v) is 2.53. The number of halogens is 5. The van der Waals surface area contributed by atoms with E-state index in [1.807, 2.05) is 0 Å². The summed E-state index contributed by atoms with van der Waals surface area (Å²) < 4.78 is 43.4. The van der Waals surface area contributed by atoms with E-state index in [1.165, 1.54) is 12.1 Å². The molecular formula is C17H12Cl2F3NO3. The van der Waals surface area contributed by atoms with Crippen LogP contribution in [0.1, 0.15) is 21.5 Å². The van der Waals surface area contributed by atoms with Gasteiger partial charge in [-0.05, 0) is 30.7 Å². The molecule has 26 heavy (non-hydrogen) atoms. The third kappa shape index (κ3) is 4.68. The molecule has 0 heterocycles. The average molecular weight is 406 g/mol. The second-order valence-corrected chi connectivity index (χ2v) is 6.01. The fraction of sp³-hybridized carbons (Fsp3) is 0.176. The van der Waals surface area contributed by atoms with Gasteiger partial charge in [-0.3, -0.25) is 4.79 Å². The van der Waals surface area contributed by atoms with Crippen LogP contribution in [0.15, 0.2) is 36.4 Å². The lowest BCUT2D eigenvalue weighted by atomic mass is 10.1. The van der Waals surface area contributed by atoms with Gasteiger partial charge in [0, 0.05) is 0 Å². The maximum absolute atomic E-state index is 12.9. The summed E-state index contributed by atoms with van der Waals surface area (Å²) in [6.45, 7) is 0.897. The number of carbonyl (C=O) groups excluding carboxylic acids is 2. The van der Waals surface area contributed by atoms with Crippen molar-refractivity contribution in [1.82, 2.24) is 0 Å². The number of aryl methyl sites for hydroxylation is 1. The minimum atomic E-state index is -4.72. The van der Waals surface area contributed by atoms with Gasteiger partial charge in [0.25, 0.3) is 5.91 Å². The first-order chi connectivity index (χ1) is 12.1. The van der Waals surface area contributed by atoms with Gasteiger partial charge in [-0.15, -0.1) is 0 Å². The monoisotopic (exact) mass is 405 g/mol. The molecule has 1 N–H and O–H groups in total. The largest absolute Gasteiger partial charge is 0.452 e. The lowest BCUT2D eigenvalue weighted by Crippen LogP contribution is -2.22. The summed E-state index contributed by atoms with van der Waals surface area (Å²) in [5, 5.41) is 2.75. The highest BCUT2D eigenvalue weighted by atomic mass is 35.5. The zero-order valence-corrected chi connectivity index (χ0v) is 14.8. The minimum Gasteiger partial charge on any atom is -0.452 e. The first kappa shape index (κ1) is 20.1. The number of rotatable bonds is 4. The molecule has 0 bridgehead atoms. The van der Waals surface area contributed by atoms with E-state index in [1.54, 1.807) is 13.0 Å². The van der Waals surface area contributed by atoms with Crippen LogP contribution < -0.4 is 5.32 Å². The summed E-state index contributed by atoms with van der Waals surface area (Å²) >= 11 is 12.0. The SMILES string of the molecule is Cc1ccc(Cl)c(NC(=O)COC(=O)c2ccccc2C(F)(F)F)c1Cl. The van der Waals surface area contributed by atoms with E-state index in [0.29, 0.717) is 5.56 Å². The van der Waals surface area contributed by atoms with Crippen molar-refractivity contribution in [3.63, 3.8) is 0 Å². The minimum absolute atomic E-state index is 0.130. The molecule has 0 saturated heterocycles. The van der Waals surface area contributed by atoms with E-state index in [2.05, 4.69) is 10.1 Å². The van der Waals surface area contributed by atoms with Crippen molar-refractivity contribution in [3.05, 3.63) is 63.1 Å². The number of esters is 1. The molecule has 2 rings (SSSR count). The zero-order valence-electron chi connectivity index (χ0n) is 13.3. The number of anilines is 1. The summed E-state index contributed by atoms with van der Waals surface area (Å²) in [5.41, 5.74) is -1.04. The highest BCUT2D eigenvalue weighted by Crippen LogP contribution is 2.33. The van der Waals surface area contributed by atoms with Crippen molar-refractivity contribution in [3.8, 4) is 0 Å². The van der Waals surface area contributed by atoms with Gasteiger partial charge in [-0.1, -0.05) is 41.4 Å². The number of benzene rings is 2. The molecule has 0 saturated carbocycles. The third-order valence-electron chi connectivity index (χ3n) is 3.34. The Kier molecular flexibility index (Phi) is 6.15. The molecule has 9 heteroatoms. The molecule has 0 fully saturated rings. The third-order valence-corrected chi connectivity index (χ3v) is 4.14. The Hall–Kier alpha value is -2.25. The summed E-state index contributed by atoms with van der Waals surface area (Å²) in [6.07, 6.45) is -4.72. The summed E-state index contributed by atoms with van der Waals surface area (Å²) in [7, 11) is 0. The van der Waals surface area contributed by atoms with Crippen LogP contribution >= 0.6 is 23.2 Å². The summed E-state index contributed by atoms with van der Waals surface area (Å²) in [5.74, 6) is -2.06. The Morgan fingerprint density at radius 2 is 1.77 bits per heavy atom. The number of alkyl halides is 3. The number of ether oxygens (including phenoxy) is 1. The maximum Gasteiger partial charge on any atom is 0.417 e. The second kappa shape index (κ2) is 7.97. The van der Waals surface area contributed by atoms with Gasteiger partial charge in [0.2, 0.25) is 0 Å². The van der Waals surface area contributed by atoms with Crippen LogP contribution in [0.4, 0.5) is 18.9 Å².